The largest absolute Gasteiger partial charge is 0.494 e. The van der Waals surface area contributed by atoms with Crippen LogP contribution < -0.4 is 4.74 Å². The molecule has 2 atom stereocenters. The van der Waals surface area contributed by atoms with Crippen molar-refractivity contribution in [1.29, 1.82) is 0 Å². The van der Waals surface area contributed by atoms with Crippen LogP contribution in [-0.2, 0) is 23.7 Å². The van der Waals surface area contributed by atoms with Crippen molar-refractivity contribution in [3.63, 3.8) is 0 Å². The lowest BCUT2D eigenvalue weighted by molar-refractivity contribution is -0.137. The molecule has 0 radical (unpaired) electrons. The minimum absolute atomic E-state index is 0.178. The first-order valence-electron chi connectivity index (χ1n) is 13.4. The normalized spacial score (nSPS) is 18.6. The molecule has 1 aliphatic heterocycles. The maximum Gasteiger partial charge on any atom is 0.338 e. The second kappa shape index (κ2) is 16.0. The Kier molecular flexibility index (Phi) is 12.4. The van der Waals surface area contributed by atoms with Crippen molar-refractivity contribution in [2.45, 2.75) is 58.0 Å². The predicted octanol–water partition coefficient (Wildman–Crippen LogP) is 5.89. The van der Waals surface area contributed by atoms with Crippen LogP contribution >= 0.6 is 0 Å². The zero-order valence-electron chi connectivity index (χ0n) is 22.0. The zero-order valence-corrected chi connectivity index (χ0v) is 22.0. The van der Waals surface area contributed by atoms with Gasteiger partial charge in [-0.15, -0.1) is 0 Å². The first-order chi connectivity index (χ1) is 18.1. The van der Waals surface area contributed by atoms with E-state index in [-0.39, 0.29) is 24.0 Å². The Labute approximate surface area is 220 Å². The third-order valence-corrected chi connectivity index (χ3v) is 6.56. The highest BCUT2D eigenvalue weighted by atomic mass is 16.6. The molecule has 37 heavy (non-hydrogen) atoms. The van der Waals surface area contributed by atoms with E-state index in [9.17, 15) is 9.59 Å². The molecule has 1 fully saturated rings. The van der Waals surface area contributed by atoms with E-state index in [1.54, 1.807) is 0 Å². The van der Waals surface area contributed by atoms with Crippen molar-refractivity contribution in [3.05, 3.63) is 54.6 Å². The average Bonchev–Trinajstić information content (AvgIpc) is 2.92. The Morgan fingerprint density at radius 1 is 0.973 bits per heavy atom. The number of hydrogen-bond donors (Lipinski definition) is 0. The Bertz CT molecular complexity index is 1000. The Balaban J connectivity index is 1.48. The van der Waals surface area contributed by atoms with Crippen molar-refractivity contribution in [1.82, 2.24) is 0 Å². The second-order valence-corrected chi connectivity index (χ2v) is 9.30. The first-order valence-corrected chi connectivity index (χ1v) is 13.4. The highest BCUT2D eigenvalue weighted by Crippen LogP contribution is 2.25. The van der Waals surface area contributed by atoms with Crippen LogP contribution in [0.15, 0.2) is 49.1 Å². The van der Waals surface area contributed by atoms with Gasteiger partial charge >= 0.3 is 11.9 Å². The van der Waals surface area contributed by atoms with E-state index < -0.39 is 0 Å². The van der Waals surface area contributed by atoms with Gasteiger partial charge in [0, 0.05) is 18.6 Å². The minimum Gasteiger partial charge on any atom is -0.494 e. The maximum atomic E-state index is 13.0. The van der Waals surface area contributed by atoms with Gasteiger partial charge in [-0.1, -0.05) is 25.6 Å². The van der Waals surface area contributed by atoms with Gasteiger partial charge in [0.15, 0.2) is 0 Å². The van der Waals surface area contributed by atoms with Gasteiger partial charge < -0.3 is 23.7 Å². The van der Waals surface area contributed by atoms with Crippen molar-refractivity contribution in [2.24, 2.45) is 5.92 Å². The fourth-order valence-corrected chi connectivity index (χ4v) is 4.35. The molecule has 2 aromatic rings. The number of carbonyl (C=O) groups excluding carboxylic acids is 2. The van der Waals surface area contributed by atoms with E-state index in [1.807, 2.05) is 36.4 Å². The molecule has 0 bridgehead atoms. The quantitative estimate of drug-likeness (QED) is 0.199. The lowest BCUT2D eigenvalue weighted by Gasteiger charge is -2.27. The van der Waals surface area contributed by atoms with Crippen LogP contribution in [0.3, 0.4) is 0 Å². The topological polar surface area (TPSA) is 80.3 Å². The fraction of sp³-hybridized carbons (Fsp3) is 0.533. The summed E-state index contributed by atoms with van der Waals surface area (Å²) in [5.41, 5.74) is 0.545. The van der Waals surface area contributed by atoms with Crippen LogP contribution in [0.2, 0.25) is 0 Å². The highest BCUT2D eigenvalue weighted by Gasteiger charge is 2.25. The Hall–Kier alpha value is -2.90. The lowest BCUT2D eigenvalue weighted by atomic mass is 9.96. The third-order valence-electron chi connectivity index (χ3n) is 6.56. The molecule has 1 aliphatic rings. The molecule has 0 spiro atoms. The highest BCUT2D eigenvalue weighted by molar-refractivity contribution is 5.95. The molecule has 1 saturated heterocycles. The molecule has 0 amide bonds. The molecule has 0 unspecified atom stereocenters. The van der Waals surface area contributed by atoms with Gasteiger partial charge in [0.1, 0.15) is 11.9 Å². The van der Waals surface area contributed by atoms with Gasteiger partial charge in [-0.25, -0.2) is 9.59 Å². The number of benzene rings is 2. The summed E-state index contributed by atoms with van der Waals surface area (Å²) in [6.07, 6.45) is 7.26. The molecule has 0 saturated carbocycles. The number of esters is 2. The molecule has 0 aliphatic carbocycles. The van der Waals surface area contributed by atoms with Crippen molar-refractivity contribution >= 4 is 22.7 Å². The van der Waals surface area contributed by atoms with Crippen LogP contribution in [0.1, 0.15) is 62.2 Å². The van der Waals surface area contributed by atoms with E-state index >= 15 is 0 Å². The van der Waals surface area contributed by atoms with E-state index in [1.165, 1.54) is 6.08 Å². The van der Waals surface area contributed by atoms with E-state index in [0.29, 0.717) is 45.2 Å². The Morgan fingerprint density at radius 3 is 2.54 bits per heavy atom. The number of fused-ring (bicyclic) bond motifs is 1. The third kappa shape index (κ3) is 9.82. The summed E-state index contributed by atoms with van der Waals surface area (Å²) in [6, 6.07) is 11.5. The summed E-state index contributed by atoms with van der Waals surface area (Å²) in [4.78, 5) is 24.0. The molecule has 0 N–H and O–H groups in total. The standard InChI is InChI=1S/C30H40O7/c1-3-23-22-34-19-18-33-15-9-10-28(23)37-30(32)26-12-11-25-21-27(14-13-24(25)20-26)35-16-7-5-6-8-17-36-29(31)4-2/h4,11-14,20-21,23,28H,2-3,5-10,15-19,22H2,1H3/t23-,28-/m1/s1. The molecule has 7 heteroatoms. The zero-order chi connectivity index (χ0) is 26.3. The summed E-state index contributed by atoms with van der Waals surface area (Å²) >= 11 is 0. The van der Waals surface area contributed by atoms with Gasteiger partial charge in [0.25, 0.3) is 0 Å². The Morgan fingerprint density at radius 2 is 1.73 bits per heavy atom. The van der Waals surface area contributed by atoms with Gasteiger partial charge in [-0.3, -0.25) is 0 Å². The number of unbranched alkanes of at least 4 members (excludes halogenated alkanes) is 3. The maximum absolute atomic E-state index is 13.0. The second-order valence-electron chi connectivity index (χ2n) is 9.30. The van der Waals surface area contributed by atoms with E-state index in [4.69, 9.17) is 23.7 Å². The summed E-state index contributed by atoms with van der Waals surface area (Å²) < 4.78 is 28.1. The van der Waals surface area contributed by atoms with Crippen LogP contribution in [0.5, 0.6) is 5.75 Å². The van der Waals surface area contributed by atoms with Gasteiger partial charge in [0.05, 0.1) is 38.6 Å². The van der Waals surface area contributed by atoms with Gasteiger partial charge in [0.2, 0.25) is 0 Å². The van der Waals surface area contributed by atoms with Gasteiger partial charge in [-0.2, -0.15) is 0 Å². The van der Waals surface area contributed by atoms with E-state index in [2.05, 4.69) is 13.5 Å². The minimum atomic E-state index is -0.375. The molecular weight excluding hydrogens is 472 g/mol. The number of carbonyl (C=O) groups is 2. The molecule has 7 nitrogen and oxygen atoms in total. The molecule has 202 valence electrons. The summed E-state index contributed by atoms with van der Waals surface area (Å²) in [5.74, 6) is 0.303. The van der Waals surface area contributed by atoms with Crippen molar-refractivity contribution in [3.8, 4) is 5.75 Å². The fourth-order valence-electron chi connectivity index (χ4n) is 4.35. The monoisotopic (exact) mass is 512 g/mol. The van der Waals surface area contributed by atoms with Crippen molar-refractivity contribution in [2.75, 3.05) is 39.6 Å². The molecule has 3 rings (SSSR count). The summed E-state index contributed by atoms with van der Waals surface area (Å²) in [7, 11) is 0. The van der Waals surface area contributed by atoms with Crippen LogP contribution in [-0.4, -0.2) is 57.7 Å². The predicted molar refractivity (Wildman–Crippen MR) is 143 cm³/mol. The summed E-state index contributed by atoms with van der Waals surface area (Å²) in [6.45, 7) is 8.95. The molecule has 1 heterocycles. The first kappa shape index (κ1) is 28.7. The molecular formula is C30H40O7. The van der Waals surface area contributed by atoms with Gasteiger partial charge in [-0.05, 0) is 80.0 Å². The lowest BCUT2D eigenvalue weighted by Crippen LogP contribution is -2.31. The number of hydrogen-bond acceptors (Lipinski definition) is 7. The molecule has 0 aromatic heterocycles. The van der Waals surface area contributed by atoms with Crippen LogP contribution in [0.4, 0.5) is 0 Å². The number of rotatable bonds is 12. The average molecular weight is 513 g/mol. The van der Waals surface area contributed by atoms with E-state index in [0.717, 1.165) is 61.5 Å². The van der Waals surface area contributed by atoms with Crippen LogP contribution in [0, 0.1) is 5.92 Å². The smallest absolute Gasteiger partial charge is 0.338 e. The van der Waals surface area contributed by atoms with Crippen LogP contribution in [0.25, 0.3) is 10.8 Å². The summed E-state index contributed by atoms with van der Waals surface area (Å²) in [5, 5.41) is 1.97. The number of ether oxygens (including phenoxy) is 5. The SMILES string of the molecule is C=CC(=O)OCCCCCCOc1ccc2cc(C(=O)O[C@@H]3CCCOCCOC[C@H]3CC)ccc2c1. The molecule has 2 aromatic carbocycles. The van der Waals surface area contributed by atoms with Crippen molar-refractivity contribution < 1.29 is 33.3 Å².